The van der Waals surface area contributed by atoms with Gasteiger partial charge >= 0.3 is 0 Å². The fourth-order valence-electron chi connectivity index (χ4n) is 4.53. The lowest BCUT2D eigenvalue weighted by Crippen LogP contribution is -2.36. The Bertz CT molecular complexity index is 669. The van der Waals surface area contributed by atoms with Crippen molar-refractivity contribution in [2.45, 2.75) is 86.0 Å². The molecule has 0 spiro atoms. The first kappa shape index (κ1) is 31.3. The zero-order valence-electron chi connectivity index (χ0n) is 21.8. The molecule has 9 atom stereocenters. The van der Waals surface area contributed by atoms with Crippen LogP contribution in [0.2, 0.25) is 0 Å². The maximum absolute atomic E-state index is 11.6. The number of nitrogens with two attached hydrogens (primary N) is 1. The summed E-state index contributed by atoms with van der Waals surface area (Å²) in [5, 5.41) is 31.4. The molecule has 0 fully saturated rings. The highest BCUT2D eigenvalue weighted by atomic mass is 16.3. The van der Waals surface area contributed by atoms with Crippen molar-refractivity contribution < 1.29 is 20.1 Å². The lowest BCUT2D eigenvalue weighted by Gasteiger charge is -2.34. The zero-order chi connectivity index (χ0) is 25.7. The van der Waals surface area contributed by atoms with Gasteiger partial charge < -0.3 is 21.1 Å². The van der Waals surface area contributed by atoms with Crippen LogP contribution >= 0.6 is 0 Å². The van der Waals surface area contributed by atoms with Crippen LogP contribution in [0, 0.1) is 35.5 Å². The van der Waals surface area contributed by atoms with Crippen LogP contribution in [-0.4, -0.2) is 39.5 Å². The Hall–Kier alpha value is -1.69. The molecule has 5 nitrogen and oxygen atoms in total. The number of allylic oxidation sites excluding steroid dienone is 4. The Morgan fingerprint density at radius 1 is 0.909 bits per heavy atom. The number of amides is 1. The summed E-state index contributed by atoms with van der Waals surface area (Å²) in [7, 11) is 0. The summed E-state index contributed by atoms with van der Waals surface area (Å²) in [6.07, 6.45) is 11.2. The quantitative estimate of drug-likeness (QED) is 0.195. The van der Waals surface area contributed by atoms with Gasteiger partial charge in [-0.2, -0.15) is 0 Å². The van der Waals surface area contributed by atoms with E-state index in [1.165, 1.54) is 0 Å². The van der Waals surface area contributed by atoms with Gasteiger partial charge in [-0.05, 0) is 43.4 Å². The minimum absolute atomic E-state index is 0.0106. The monoisotopic (exact) mass is 463 g/mol. The Morgan fingerprint density at radius 2 is 1.52 bits per heavy atom. The molecule has 0 aromatic rings. The van der Waals surface area contributed by atoms with Crippen molar-refractivity contribution in [1.82, 2.24) is 0 Å². The minimum Gasteiger partial charge on any atom is -0.393 e. The van der Waals surface area contributed by atoms with Crippen LogP contribution in [0.3, 0.4) is 0 Å². The molecule has 0 saturated carbocycles. The van der Waals surface area contributed by atoms with Gasteiger partial charge in [-0.3, -0.25) is 4.79 Å². The number of aliphatic hydroxyl groups is 3. The van der Waals surface area contributed by atoms with Crippen molar-refractivity contribution in [2.24, 2.45) is 41.2 Å². The first-order valence-corrected chi connectivity index (χ1v) is 12.3. The molecule has 33 heavy (non-hydrogen) atoms. The van der Waals surface area contributed by atoms with Crippen LogP contribution < -0.4 is 5.73 Å². The van der Waals surface area contributed by atoms with E-state index in [-0.39, 0.29) is 47.8 Å². The minimum atomic E-state index is -0.588. The summed E-state index contributed by atoms with van der Waals surface area (Å²) in [5.74, 6) is -0.595. The van der Waals surface area contributed by atoms with Gasteiger partial charge in [-0.25, -0.2) is 0 Å². The van der Waals surface area contributed by atoms with E-state index in [2.05, 4.69) is 12.7 Å². The van der Waals surface area contributed by atoms with E-state index in [0.29, 0.717) is 12.8 Å². The van der Waals surface area contributed by atoms with E-state index in [1.807, 2.05) is 66.7 Å². The average Bonchev–Trinajstić information content (AvgIpc) is 2.76. The molecular weight excluding hydrogens is 414 g/mol. The molecule has 0 bridgehead atoms. The second kappa shape index (κ2) is 16.0. The summed E-state index contributed by atoms with van der Waals surface area (Å²) in [6, 6.07) is 0. The highest BCUT2D eigenvalue weighted by Crippen LogP contribution is 2.32. The van der Waals surface area contributed by atoms with Crippen molar-refractivity contribution in [3.63, 3.8) is 0 Å². The molecule has 0 aromatic carbocycles. The van der Waals surface area contributed by atoms with Crippen molar-refractivity contribution >= 4 is 5.91 Å². The largest absolute Gasteiger partial charge is 0.393 e. The van der Waals surface area contributed by atoms with Crippen LogP contribution in [0.15, 0.2) is 48.6 Å². The molecule has 5 N–H and O–H groups in total. The Kier molecular flexibility index (Phi) is 15.2. The highest BCUT2D eigenvalue weighted by Gasteiger charge is 2.32. The van der Waals surface area contributed by atoms with Gasteiger partial charge in [0.05, 0.1) is 18.3 Å². The van der Waals surface area contributed by atoms with Gasteiger partial charge in [0.25, 0.3) is 0 Å². The Labute approximate surface area is 202 Å². The molecule has 0 saturated heterocycles. The van der Waals surface area contributed by atoms with Crippen LogP contribution in [0.4, 0.5) is 0 Å². The number of aliphatic hydroxyl groups excluding tert-OH is 3. The molecule has 190 valence electrons. The van der Waals surface area contributed by atoms with E-state index in [0.717, 1.165) is 5.57 Å². The van der Waals surface area contributed by atoms with Gasteiger partial charge in [0.2, 0.25) is 5.91 Å². The first-order chi connectivity index (χ1) is 15.3. The smallest absolute Gasteiger partial charge is 0.217 e. The van der Waals surface area contributed by atoms with Gasteiger partial charge in [-0.15, -0.1) is 0 Å². The van der Waals surface area contributed by atoms with Crippen LogP contribution in [0.25, 0.3) is 0 Å². The molecule has 0 aliphatic rings. The van der Waals surface area contributed by atoms with Crippen molar-refractivity contribution in [2.75, 3.05) is 0 Å². The maximum Gasteiger partial charge on any atom is 0.217 e. The molecule has 0 aromatic heterocycles. The lowest BCUT2D eigenvalue weighted by molar-refractivity contribution is -0.120. The molecule has 9 unspecified atom stereocenters. The number of carbonyl (C=O) groups excluding carboxylic acids is 1. The summed E-state index contributed by atoms with van der Waals surface area (Å²) >= 11 is 0. The predicted molar refractivity (Wildman–Crippen MR) is 138 cm³/mol. The number of primary amides is 1. The third kappa shape index (κ3) is 11.8. The number of hydrogen-bond donors (Lipinski definition) is 4. The van der Waals surface area contributed by atoms with E-state index in [1.54, 1.807) is 12.2 Å². The first-order valence-electron chi connectivity index (χ1n) is 12.3. The molecule has 0 heterocycles. The standard InChI is InChI=1S/C28H49NO4/c1-9-11-12-19(4)25(17-26(29)31)23(8)28(33)22(7)16-18(3)15-21(6)27(32)20(5)13-14-24(30)10-2/h9,11-15,19-25,27-28,30,32-33H,1,10,16-17H2,2-8H3,(H2,29,31)/b12-11-,14-13-,18-15-. The third-order valence-electron chi connectivity index (χ3n) is 6.78. The molecule has 1 amide bonds. The van der Waals surface area contributed by atoms with Crippen LogP contribution in [-0.2, 0) is 4.79 Å². The fraction of sp³-hybridized carbons (Fsp3) is 0.679. The normalized spacial score (nSPS) is 21.2. The SMILES string of the molecule is C=C/C=C\C(C)C(CC(N)=O)C(C)C(O)C(C)C/C(C)=C\C(C)C(O)C(C)/C=C\C(O)CC. The van der Waals surface area contributed by atoms with Crippen LogP contribution in [0.5, 0.6) is 0 Å². The Balaban J connectivity index is 5.20. The van der Waals surface area contributed by atoms with E-state index in [9.17, 15) is 20.1 Å². The second-order valence-corrected chi connectivity index (χ2v) is 9.93. The van der Waals surface area contributed by atoms with Gasteiger partial charge in [0.1, 0.15) is 0 Å². The third-order valence-corrected chi connectivity index (χ3v) is 6.78. The highest BCUT2D eigenvalue weighted by molar-refractivity contribution is 5.74. The van der Waals surface area contributed by atoms with Crippen molar-refractivity contribution in [1.29, 1.82) is 0 Å². The van der Waals surface area contributed by atoms with Gasteiger partial charge in [0, 0.05) is 18.3 Å². The van der Waals surface area contributed by atoms with Gasteiger partial charge in [0.15, 0.2) is 0 Å². The van der Waals surface area contributed by atoms with E-state index < -0.39 is 18.3 Å². The Morgan fingerprint density at radius 3 is 2.03 bits per heavy atom. The fourth-order valence-corrected chi connectivity index (χ4v) is 4.53. The van der Waals surface area contributed by atoms with Crippen LogP contribution in [0.1, 0.15) is 67.7 Å². The lowest BCUT2D eigenvalue weighted by atomic mass is 9.74. The average molecular weight is 464 g/mol. The number of carbonyl (C=O) groups is 1. The second-order valence-electron chi connectivity index (χ2n) is 9.93. The number of hydrogen-bond acceptors (Lipinski definition) is 4. The van der Waals surface area contributed by atoms with Crippen molar-refractivity contribution in [3.8, 4) is 0 Å². The molecule has 0 radical (unpaired) electrons. The van der Waals surface area contributed by atoms with Gasteiger partial charge in [-0.1, -0.05) is 90.2 Å². The molecule has 0 rings (SSSR count). The summed E-state index contributed by atoms with van der Waals surface area (Å²) in [4.78, 5) is 11.6. The maximum atomic E-state index is 11.6. The molecular formula is C28H49NO4. The number of rotatable bonds is 16. The molecule has 5 heteroatoms. The van der Waals surface area contributed by atoms with Crippen molar-refractivity contribution in [3.05, 3.63) is 48.6 Å². The molecule has 0 aliphatic carbocycles. The summed E-state index contributed by atoms with van der Waals surface area (Å²) < 4.78 is 0. The topological polar surface area (TPSA) is 104 Å². The van der Waals surface area contributed by atoms with E-state index >= 15 is 0 Å². The summed E-state index contributed by atoms with van der Waals surface area (Å²) in [6.45, 7) is 17.6. The predicted octanol–water partition coefficient (Wildman–Crippen LogP) is 4.79. The molecule has 0 aliphatic heterocycles. The summed E-state index contributed by atoms with van der Waals surface area (Å²) in [5.41, 5.74) is 6.60. The van der Waals surface area contributed by atoms with E-state index in [4.69, 9.17) is 5.73 Å². The zero-order valence-corrected chi connectivity index (χ0v) is 21.8.